The Labute approximate surface area is 141 Å². The van der Waals surface area contributed by atoms with Crippen LogP contribution in [0, 0.1) is 0 Å². The largest absolute Gasteiger partial charge is 0.405 e. The van der Waals surface area contributed by atoms with Crippen molar-refractivity contribution in [1.29, 1.82) is 0 Å². The molecule has 130 valence electrons. The molecule has 0 bridgehead atoms. The Bertz CT molecular complexity index is 683. The fourth-order valence-electron chi connectivity index (χ4n) is 1.90. The van der Waals surface area contributed by atoms with Crippen LogP contribution < -0.4 is 5.32 Å². The fraction of sp³-hybridized carbons (Fsp3) is 0.400. The Hall–Kier alpha value is -2.03. The van der Waals surface area contributed by atoms with Crippen LogP contribution in [0.25, 0.3) is 5.69 Å². The van der Waals surface area contributed by atoms with E-state index in [9.17, 15) is 18.0 Å². The van der Waals surface area contributed by atoms with Crippen LogP contribution in [0.1, 0.15) is 25.3 Å². The molecule has 9 heteroatoms. The van der Waals surface area contributed by atoms with Crippen LogP contribution in [0.2, 0.25) is 0 Å². The van der Waals surface area contributed by atoms with Crippen molar-refractivity contribution in [2.45, 2.75) is 31.1 Å². The minimum atomic E-state index is -4.42. The van der Waals surface area contributed by atoms with Gasteiger partial charge in [-0.1, -0.05) is 37.7 Å². The standard InChI is InChI=1S/C15H17F3N4OS/c1-10(2)11-3-5-12(6-4-11)22-9-20-21-14(22)24-7-13(23)19-8-15(16,17)18/h3-6,9-10H,7-8H2,1-2H3,(H,19,23). The van der Waals surface area contributed by atoms with E-state index < -0.39 is 18.6 Å². The third-order valence-electron chi connectivity index (χ3n) is 3.17. The van der Waals surface area contributed by atoms with Gasteiger partial charge >= 0.3 is 6.18 Å². The van der Waals surface area contributed by atoms with E-state index in [2.05, 4.69) is 24.0 Å². The average molecular weight is 358 g/mol. The normalized spacial score (nSPS) is 11.8. The summed E-state index contributed by atoms with van der Waals surface area (Å²) in [6.45, 7) is 2.85. The quantitative estimate of drug-likeness (QED) is 0.806. The minimum Gasteiger partial charge on any atom is -0.346 e. The molecule has 1 aromatic heterocycles. The van der Waals surface area contributed by atoms with Crippen LogP contribution in [0.3, 0.4) is 0 Å². The van der Waals surface area contributed by atoms with Crippen molar-refractivity contribution in [2.75, 3.05) is 12.3 Å². The fourth-order valence-corrected chi connectivity index (χ4v) is 2.66. The van der Waals surface area contributed by atoms with Gasteiger partial charge in [0.15, 0.2) is 5.16 Å². The molecule has 0 saturated carbocycles. The number of aromatic nitrogens is 3. The number of nitrogens with zero attached hydrogens (tertiary/aromatic N) is 3. The molecule has 0 atom stereocenters. The smallest absolute Gasteiger partial charge is 0.346 e. The highest BCUT2D eigenvalue weighted by Crippen LogP contribution is 2.22. The minimum absolute atomic E-state index is 0.168. The number of nitrogens with one attached hydrogen (secondary N) is 1. The Morgan fingerprint density at radius 1 is 1.29 bits per heavy atom. The maximum atomic E-state index is 12.1. The number of alkyl halides is 3. The van der Waals surface area contributed by atoms with Crippen LogP contribution in [0.15, 0.2) is 35.7 Å². The first-order valence-electron chi connectivity index (χ1n) is 7.23. The van der Waals surface area contributed by atoms with Gasteiger partial charge in [-0.25, -0.2) is 0 Å². The highest BCUT2D eigenvalue weighted by Gasteiger charge is 2.27. The second kappa shape index (κ2) is 7.69. The second-order valence-corrected chi connectivity index (χ2v) is 6.35. The van der Waals surface area contributed by atoms with E-state index in [-0.39, 0.29) is 5.75 Å². The zero-order chi connectivity index (χ0) is 17.7. The molecule has 0 aliphatic heterocycles. The third kappa shape index (κ3) is 5.26. The molecule has 0 unspecified atom stereocenters. The molecule has 0 saturated heterocycles. The summed E-state index contributed by atoms with van der Waals surface area (Å²) < 4.78 is 37.9. The van der Waals surface area contributed by atoms with Gasteiger partial charge in [0.05, 0.1) is 5.75 Å². The summed E-state index contributed by atoms with van der Waals surface area (Å²) in [4.78, 5) is 11.5. The van der Waals surface area contributed by atoms with Gasteiger partial charge < -0.3 is 5.32 Å². The van der Waals surface area contributed by atoms with Gasteiger partial charge in [0, 0.05) is 5.69 Å². The van der Waals surface area contributed by atoms with Gasteiger partial charge in [-0.05, 0) is 23.6 Å². The lowest BCUT2D eigenvalue weighted by Crippen LogP contribution is -2.34. The van der Waals surface area contributed by atoms with Crippen molar-refractivity contribution in [1.82, 2.24) is 20.1 Å². The number of rotatable bonds is 6. The highest BCUT2D eigenvalue weighted by molar-refractivity contribution is 7.99. The molecule has 0 aliphatic carbocycles. The van der Waals surface area contributed by atoms with Gasteiger partial charge in [-0.2, -0.15) is 13.2 Å². The molecule has 0 spiro atoms. The van der Waals surface area contributed by atoms with Crippen molar-refractivity contribution in [3.63, 3.8) is 0 Å². The molecule has 1 aromatic carbocycles. The molecule has 1 heterocycles. The number of carbonyl (C=O) groups is 1. The van der Waals surface area contributed by atoms with E-state index in [1.807, 2.05) is 29.6 Å². The van der Waals surface area contributed by atoms with Crippen LogP contribution in [0.4, 0.5) is 13.2 Å². The monoisotopic (exact) mass is 358 g/mol. The first kappa shape index (κ1) is 18.3. The maximum Gasteiger partial charge on any atom is 0.405 e. The van der Waals surface area contributed by atoms with Crippen molar-refractivity contribution in [3.05, 3.63) is 36.2 Å². The number of carbonyl (C=O) groups excluding carboxylic acids is 1. The number of amides is 1. The third-order valence-corrected chi connectivity index (χ3v) is 4.12. The Balaban J connectivity index is 1.99. The topological polar surface area (TPSA) is 59.8 Å². The molecule has 1 N–H and O–H groups in total. The number of hydrogen-bond donors (Lipinski definition) is 1. The summed E-state index contributed by atoms with van der Waals surface area (Å²) in [5.41, 5.74) is 2.01. The molecule has 5 nitrogen and oxygen atoms in total. The van der Waals surface area contributed by atoms with Crippen molar-refractivity contribution >= 4 is 17.7 Å². The molecule has 0 radical (unpaired) electrons. The van der Waals surface area contributed by atoms with E-state index >= 15 is 0 Å². The summed E-state index contributed by atoms with van der Waals surface area (Å²) in [5.74, 6) is -0.466. The maximum absolute atomic E-state index is 12.1. The number of benzene rings is 1. The first-order chi connectivity index (χ1) is 11.3. The van der Waals surface area contributed by atoms with Crippen LogP contribution in [0.5, 0.6) is 0 Å². The Kier molecular flexibility index (Phi) is 5.87. The summed E-state index contributed by atoms with van der Waals surface area (Å²) in [5, 5.41) is 9.97. The molecule has 24 heavy (non-hydrogen) atoms. The average Bonchev–Trinajstić information content (AvgIpc) is 2.98. The highest BCUT2D eigenvalue weighted by atomic mass is 32.2. The van der Waals surface area contributed by atoms with E-state index in [0.29, 0.717) is 11.1 Å². The van der Waals surface area contributed by atoms with Crippen molar-refractivity contribution in [3.8, 4) is 5.69 Å². The zero-order valence-electron chi connectivity index (χ0n) is 13.2. The molecule has 1 amide bonds. The van der Waals surface area contributed by atoms with Crippen molar-refractivity contribution < 1.29 is 18.0 Å². The van der Waals surface area contributed by atoms with E-state index in [1.54, 1.807) is 4.57 Å². The lowest BCUT2D eigenvalue weighted by Gasteiger charge is -2.10. The molecule has 2 aromatic rings. The first-order valence-corrected chi connectivity index (χ1v) is 8.21. The summed E-state index contributed by atoms with van der Waals surface area (Å²) >= 11 is 1.03. The SMILES string of the molecule is CC(C)c1ccc(-n2cnnc2SCC(=O)NCC(F)(F)F)cc1. The van der Waals surface area contributed by atoms with E-state index in [1.165, 1.54) is 11.9 Å². The second-order valence-electron chi connectivity index (χ2n) is 5.41. The van der Waals surface area contributed by atoms with Gasteiger partial charge in [-0.15, -0.1) is 10.2 Å². The van der Waals surface area contributed by atoms with Crippen LogP contribution in [-0.4, -0.2) is 39.1 Å². The molecule has 2 rings (SSSR count). The number of hydrogen-bond acceptors (Lipinski definition) is 4. The Morgan fingerprint density at radius 3 is 2.54 bits per heavy atom. The van der Waals surface area contributed by atoms with Crippen LogP contribution in [-0.2, 0) is 4.79 Å². The van der Waals surface area contributed by atoms with Gasteiger partial charge in [0.2, 0.25) is 5.91 Å². The predicted molar refractivity (Wildman–Crippen MR) is 85.2 cm³/mol. The molecular weight excluding hydrogens is 341 g/mol. The number of thioether (sulfide) groups is 1. The van der Waals surface area contributed by atoms with Gasteiger partial charge in [0.25, 0.3) is 0 Å². The lowest BCUT2D eigenvalue weighted by molar-refractivity contribution is -0.136. The Morgan fingerprint density at radius 2 is 1.96 bits per heavy atom. The molecule has 0 aliphatic rings. The lowest BCUT2D eigenvalue weighted by atomic mass is 10.0. The summed E-state index contributed by atoms with van der Waals surface area (Å²) in [6, 6.07) is 7.80. The van der Waals surface area contributed by atoms with Crippen molar-refractivity contribution in [2.24, 2.45) is 0 Å². The molecular formula is C15H17F3N4OS. The van der Waals surface area contributed by atoms with E-state index in [4.69, 9.17) is 0 Å². The van der Waals surface area contributed by atoms with Crippen LogP contribution >= 0.6 is 11.8 Å². The predicted octanol–water partition coefficient (Wildman–Crippen LogP) is 3.16. The number of halogens is 3. The zero-order valence-corrected chi connectivity index (χ0v) is 14.0. The summed E-state index contributed by atoms with van der Waals surface area (Å²) in [7, 11) is 0. The molecule has 0 fully saturated rings. The van der Waals surface area contributed by atoms with E-state index in [0.717, 1.165) is 17.4 Å². The summed E-state index contributed by atoms with van der Waals surface area (Å²) in [6.07, 6.45) is -2.92. The van der Waals surface area contributed by atoms with Gasteiger partial charge in [-0.3, -0.25) is 9.36 Å². The van der Waals surface area contributed by atoms with Gasteiger partial charge in [0.1, 0.15) is 12.9 Å².